The van der Waals surface area contributed by atoms with Gasteiger partial charge in [-0.25, -0.2) is 4.98 Å². The quantitative estimate of drug-likeness (QED) is 0.802. The SMILES string of the molecule is C[C@H]1CCN1c1nc(Nc2cccc(C3(C(=O)O)CC3)c2)cc(C(F)(F)F)n1. The Kier molecular flexibility index (Phi) is 4.20. The Hall–Kier alpha value is -2.84. The van der Waals surface area contributed by atoms with Crippen molar-refractivity contribution >= 4 is 23.4 Å². The molecule has 148 valence electrons. The highest BCUT2D eigenvalue weighted by atomic mass is 19.4. The zero-order valence-corrected chi connectivity index (χ0v) is 15.1. The number of halogens is 3. The fraction of sp³-hybridized carbons (Fsp3) is 0.421. The second kappa shape index (κ2) is 6.35. The molecule has 1 aliphatic carbocycles. The maximum atomic E-state index is 13.3. The second-order valence-electron chi connectivity index (χ2n) is 7.36. The zero-order chi connectivity index (χ0) is 20.1. The summed E-state index contributed by atoms with van der Waals surface area (Å²) in [5.74, 6) is -0.828. The van der Waals surface area contributed by atoms with Crippen molar-refractivity contribution in [3.8, 4) is 0 Å². The van der Waals surface area contributed by atoms with E-state index in [9.17, 15) is 23.1 Å². The summed E-state index contributed by atoms with van der Waals surface area (Å²) in [5, 5.41) is 12.3. The fourth-order valence-corrected chi connectivity index (χ4v) is 3.38. The van der Waals surface area contributed by atoms with E-state index in [1.165, 1.54) is 0 Å². The van der Waals surface area contributed by atoms with Crippen molar-refractivity contribution in [1.82, 2.24) is 9.97 Å². The molecule has 1 atom stereocenters. The Labute approximate surface area is 159 Å². The third-order valence-corrected chi connectivity index (χ3v) is 5.43. The van der Waals surface area contributed by atoms with Crippen LogP contribution in [0.2, 0.25) is 0 Å². The van der Waals surface area contributed by atoms with Crippen LogP contribution in [0.1, 0.15) is 37.4 Å². The van der Waals surface area contributed by atoms with Gasteiger partial charge in [0, 0.05) is 24.3 Å². The van der Waals surface area contributed by atoms with Crippen LogP contribution < -0.4 is 10.2 Å². The monoisotopic (exact) mass is 392 g/mol. The summed E-state index contributed by atoms with van der Waals surface area (Å²) in [7, 11) is 0. The Balaban J connectivity index is 1.66. The minimum absolute atomic E-state index is 0.0220. The summed E-state index contributed by atoms with van der Waals surface area (Å²) in [5.41, 5.74) is -0.788. The van der Waals surface area contributed by atoms with Gasteiger partial charge in [0.15, 0.2) is 5.69 Å². The molecular weight excluding hydrogens is 373 g/mol. The lowest BCUT2D eigenvalue weighted by Crippen LogP contribution is -2.46. The molecule has 4 rings (SSSR count). The minimum atomic E-state index is -4.59. The van der Waals surface area contributed by atoms with Gasteiger partial charge in [-0.3, -0.25) is 4.79 Å². The molecule has 2 fully saturated rings. The van der Waals surface area contributed by atoms with Gasteiger partial charge >= 0.3 is 12.1 Å². The number of hydrogen-bond donors (Lipinski definition) is 2. The van der Waals surface area contributed by atoms with E-state index < -0.39 is 23.3 Å². The van der Waals surface area contributed by atoms with Gasteiger partial charge < -0.3 is 15.3 Å². The molecular formula is C19H19F3N4O2. The summed E-state index contributed by atoms with van der Waals surface area (Å²) < 4.78 is 39.9. The molecule has 0 amide bonds. The van der Waals surface area contributed by atoms with Gasteiger partial charge in [-0.05, 0) is 43.9 Å². The van der Waals surface area contributed by atoms with Gasteiger partial charge in [-0.1, -0.05) is 12.1 Å². The summed E-state index contributed by atoms with van der Waals surface area (Å²) in [6.45, 7) is 2.52. The predicted molar refractivity (Wildman–Crippen MR) is 96.7 cm³/mol. The number of aromatic nitrogens is 2. The molecule has 1 saturated heterocycles. The van der Waals surface area contributed by atoms with Crippen LogP contribution in [0.3, 0.4) is 0 Å². The number of nitrogens with zero attached hydrogens (tertiary/aromatic N) is 3. The first-order chi connectivity index (χ1) is 13.2. The average Bonchev–Trinajstić information content (AvgIpc) is 3.42. The van der Waals surface area contributed by atoms with Crippen molar-refractivity contribution in [3.05, 3.63) is 41.6 Å². The molecule has 0 radical (unpaired) electrons. The number of carbonyl (C=O) groups is 1. The van der Waals surface area contributed by atoms with E-state index in [2.05, 4.69) is 15.3 Å². The molecule has 28 heavy (non-hydrogen) atoms. The van der Waals surface area contributed by atoms with E-state index in [0.29, 0.717) is 30.6 Å². The highest BCUT2D eigenvalue weighted by molar-refractivity contribution is 5.85. The minimum Gasteiger partial charge on any atom is -0.481 e. The van der Waals surface area contributed by atoms with Crippen molar-refractivity contribution in [1.29, 1.82) is 0 Å². The van der Waals surface area contributed by atoms with Crippen LogP contribution in [0.15, 0.2) is 30.3 Å². The molecule has 0 bridgehead atoms. The average molecular weight is 392 g/mol. The summed E-state index contributed by atoms with van der Waals surface area (Å²) in [6.07, 6.45) is -2.61. The van der Waals surface area contributed by atoms with E-state index in [0.717, 1.165) is 12.5 Å². The maximum Gasteiger partial charge on any atom is 0.433 e. The van der Waals surface area contributed by atoms with E-state index in [1.807, 2.05) is 6.92 Å². The van der Waals surface area contributed by atoms with Crippen LogP contribution in [-0.4, -0.2) is 33.6 Å². The van der Waals surface area contributed by atoms with Crippen LogP contribution in [0, 0.1) is 0 Å². The lowest BCUT2D eigenvalue weighted by molar-refractivity contribution is -0.141. The van der Waals surface area contributed by atoms with E-state index in [4.69, 9.17) is 0 Å². The van der Waals surface area contributed by atoms with E-state index in [-0.39, 0.29) is 17.8 Å². The first-order valence-corrected chi connectivity index (χ1v) is 9.03. The summed E-state index contributed by atoms with van der Waals surface area (Å²) in [4.78, 5) is 21.2. The van der Waals surface area contributed by atoms with Gasteiger partial charge in [0.25, 0.3) is 0 Å². The molecule has 2 aromatic rings. The Morgan fingerprint density at radius 3 is 2.57 bits per heavy atom. The standard InChI is InChI=1S/C19H19F3N4O2/c1-11-5-8-26(11)17-24-14(19(20,21)22)10-15(25-17)23-13-4-2-3-12(9-13)18(6-7-18)16(27)28/h2-4,9-11H,5-8H2,1H3,(H,27,28)(H,23,24,25)/t11-/m0/s1. The Morgan fingerprint density at radius 2 is 2.04 bits per heavy atom. The molecule has 0 spiro atoms. The third-order valence-electron chi connectivity index (χ3n) is 5.43. The van der Waals surface area contributed by atoms with Gasteiger partial charge in [0.1, 0.15) is 5.82 Å². The van der Waals surface area contributed by atoms with Crippen molar-refractivity contribution in [2.45, 2.75) is 43.8 Å². The largest absolute Gasteiger partial charge is 0.481 e. The van der Waals surface area contributed by atoms with Crippen molar-refractivity contribution in [2.75, 3.05) is 16.8 Å². The number of alkyl halides is 3. The van der Waals surface area contributed by atoms with E-state index in [1.54, 1.807) is 29.2 Å². The topological polar surface area (TPSA) is 78.4 Å². The first kappa shape index (κ1) is 18.5. The van der Waals surface area contributed by atoms with Crippen LogP contribution in [0.25, 0.3) is 0 Å². The van der Waals surface area contributed by atoms with Crippen LogP contribution in [0.4, 0.5) is 30.6 Å². The molecule has 1 aromatic carbocycles. The van der Waals surface area contributed by atoms with Gasteiger partial charge in [-0.15, -0.1) is 0 Å². The van der Waals surface area contributed by atoms with Crippen molar-refractivity contribution in [3.63, 3.8) is 0 Å². The Morgan fingerprint density at radius 1 is 1.29 bits per heavy atom. The van der Waals surface area contributed by atoms with Crippen LogP contribution in [0.5, 0.6) is 0 Å². The molecule has 2 aliphatic rings. The second-order valence-corrected chi connectivity index (χ2v) is 7.36. The third kappa shape index (κ3) is 3.25. The highest BCUT2D eigenvalue weighted by Crippen LogP contribution is 2.49. The van der Waals surface area contributed by atoms with Crippen LogP contribution >= 0.6 is 0 Å². The van der Waals surface area contributed by atoms with E-state index >= 15 is 0 Å². The number of carboxylic acid groups (broad SMARTS) is 1. The maximum absolute atomic E-state index is 13.3. The summed E-state index contributed by atoms with van der Waals surface area (Å²) >= 11 is 0. The van der Waals surface area contributed by atoms with Crippen LogP contribution in [-0.2, 0) is 16.4 Å². The lowest BCUT2D eigenvalue weighted by Gasteiger charge is -2.38. The van der Waals surface area contributed by atoms with Crippen molar-refractivity contribution in [2.24, 2.45) is 0 Å². The number of carboxylic acids is 1. The summed E-state index contributed by atoms with van der Waals surface area (Å²) in [6, 6.07) is 7.69. The first-order valence-electron chi connectivity index (χ1n) is 9.03. The number of rotatable bonds is 5. The molecule has 2 N–H and O–H groups in total. The molecule has 2 heterocycles. The molecule has 1 aliphatic heterocycles. The predicted octanol–water partition coefficient (Wildman–Crippen LogP) is 3.95. The molecule has 9 heteroatoms. The Bertz CT molecular complexity index is 928. The number of benzene rings is 1. The number of nitrogens with one attached hydrogen (secondary N) is 1. The lowest BCUT2D eigenvalue weighted by atomic mass is 9.96. The van der Waals surface area contributed by atoms with Crippen molar-refractivity contribution < 1.29 is 23.1 Å². The fourth-order valence-electron chi connectivity index (χ4n) is 3.38. The van der Waals surface area contributed by atoms with Gasteiger partial charge in [-0.2, -0.15) is 18.2 Å². The highest BCUT2D eigenvalue weighted by Gasteiger charge is 2.51. The number of hydrogen-bond acceptors (Lipinski definition) is 5. The normalized spacial score (nSPS) is 20.4. The number of aliphatic carboxylic acids is 1. The zero-order valence-electron chi connectivity index (χ0n) is 15.1. The smallest absolute Gasteiger partial charge is 0.433 e. The molecule has 1 saturated carbocycles. The van der Waals surface area contributed by atoms with Gasteiger partial charge in [0.05, 0.1) is 5.41 Å². The molecule has 6 nitrogen and oxygen atoms in total. The van der Waals surface area contributed by atoms with Gasteiger partial charge in [0.2, 0.25) is 5.95 Å². The molecule has 1 aromatic heterocycles. The molecule has 0 unspecified atom stereocenters. The number of anilines is 3.